The molecule has 0 aromatic heterocycles. The molecule has 568 valence electrons. The first kappa shape index (κ1) is 94.2. The number of ether oxygens (including phenoxy) is 4. The van der Waals surface area contributed by atoms with Crippen LogP contribution in [0.25, 0.3) is 0 Å². The van der Waals surface area contributed by atoms with Gasteiger partial charge in [0.05, 0.1) is 26.4 Å². The smallest absolute Gasteiger partial charge is 0.462 e. The van der Waals surface area contributed by atoms with Crippen LogP contribution >= 0.6 is 15.6 Å². The number of allylic oxidation sites excluding steroid dienone is 14. The number of phosphoric ester groups is 2. The second-order valence-corrected chi connectivity index (χ2v) is 28.8. The van der Waals surface area contributed by atoms with Gasteiger partial charge in [0.15, 0.2) is 12.2 Å². The van der Waals surface area contributed by atoms with Crippen molar-refractivity contribution in [1.29, 1.82) is 0 Å². The van der Waals surface area contributed by atoms with Crippen LogP contribution in [0.2, 0.25) is 0 Å². The number of carbonyl (C=O) groups is 4. The predicted octanol–water partition coefficient (Wildman–Crippen LogP) is 22.2. The van der Waals surface area contributed by atoms with Gasteiger partial charge >= 0.3 is 39.5 Å². The largest absolute Gasteiger partial charge is 0.472 e. The van der Waals surface area contributed by atoms with Crippen molar-refractivity contribution in [2.24, 2.45) is 0 Å². The van der Waals surface area contributed by atoms with Crippen molar-refractivity contribution in [1.82, 2.24) is 0 Å². The lowest BCUT2D eigenvalue weighted by Gasteiger charge is -2.21. The highest BCUT2D eigenvalue weighted by Gasteiger charge is 2.30. The molecule has 19 heteroatoms. The highest BCUT2D eigenvalue weighted by atomic mass is 31.2. The zero-order valence-corrected chi connectivity index (χ0v) is 63.7. The van der Waals surface area contributed by atoms with Crippen LogP contribution in [0.1, 0.15) is 336 Å². The molecule has 0 saturated heterocycles. The van der Waals surface area contributed by atoms with E-state index in [2.05, 4.69) is 113 Å². The molecule has 0 aliphatic carbocycles. The fourth-order valence-corrected chi connectivity index (χ4v) is 12.1. The van der Waals surface area contributed by atoms with Crippen molar-refractivity contribution in [3.8, 4) is 0 Å². The highest BCUT2D eigenvalue weighted by molar-refractivity contribution is 7.47. The molecule has 0 saturated carbocycles. The van der Waals surface area contributed by atoms with Crippen molar-refractivity contribution >= 4 is 39.5 Å². The van der Waals surface area contributed by atoms with Crippen LogP contribution in [0.15, 0.2) is 85.1 Å². The Hall–Kier alpha value is -3.76. The molecular formula is C79H140O17P2. The van der Waals surface area contributed by atoms with Crippen molar-refractivity contribution in [3.05, 3.63) is 85.1 Å². The summed E-state index contributed by atoms with van der Waals surface area (Å²) in [5.41, 5.74) is 0. The van der Waals surface area contributed by atoms with Crippen molar-refractivity contribution < 1.29 is 80.2 Å². The van der Waals surface area contributed by atoms with E-state index in [9.17, 15) is 43.2 Å². The van der Waals surface area contributed by atoms with Gasteiger partial charge in [0.1, 0.15) is 19.3 Å². The van der Waals surface area contributed by atoms with Crippen LogP contribution in [-0.2, 0) is 65.4 Å². The maximum atomic E-state index is 13.1. The molecule has 0 amide bonds. The summed E-state index contributed by atoms with van der Waals surface area (Å²) in [5.74, 6) is -2.20. The molecule has 0 spiro atoms. The summed E-state index contributed by atoms with van der Waals surface area (Å²) < 4.78 is 68.5. The first-order valence-corrected chi connectivity index (χ1v) is 41.8. The molecule has 0 rings (SSSR count). The van der Waals surface area contributed by atoms with E-state index in [1.54, 1.807) is 0 Å². The Labute approximate surface area is 595 Å². The maximum absolute atomic E-state index is 13.1. The molecule has 0 aromatic rings. The van der Waals surface area contributed by atoms with E-state index in [4.69, 9.17) is 37.0 Å². The van der Waals surface area contributed by atoms with Crippen LogP contribution in [0.5, 0.6) is 0 Å². The summed E-state index contributed by atoms with van der Waals surface area (Å²) >= 11 is 0. The summed E-state index contributed by atoms with van der Waals surface area (Å²) in [4.78, 5) is 72.9. The molecule has 0 radical (unpaired) electrons. The number of aliphatic hydroxyl groups excluding tert-OH is 1. The molecule has 17 nitrogen and oxygen atoms in total. The third kappa shape index (κ3) is 70.7. The normalized spacial score (nSPS) is 14.4. The predicted molar refractivity (Wildman–Crippen MR) is 399 cm³/mol. The average Bonchev–Trinajstić information content (AvgIpc) is 0.986. The molecular weight excluding hydrogens is 1280 g/mol. The maximum Gasteiger partial charge on any atom is 0.472 e. The lowest BCUT2D eigenvalue weighted by atomic mass is 10.0. The lowest BCUT2D eigenvalue weighted by Crippen LogP contribution is -2.30. The molecule has 0 bridgehead atoms. The summed E-state index contributed by atoms with van der Waals surface area (Å²) in [6.07, 6.45) is 72.8. The van der Waals surface area contributed by atoms with E-state index in [0.29, 0.717) is 25.7 Å². The van der Waals surface area contributed by atoms with Gasteiger partial charge in [0, 0.05) is 25.7 Å². The number of phosphoric acid groups is 2. The molecule has 0 aliphatic heterocycles. The van der Waals surface area contributed by atoms with E-state index in [1.807, 2.05) is 0 Å². The van der Waals surface area contributed by atoms with Gasteiger partial charge in [-0.25, -0.2) is 9.13 Å². The van der Waals surface area contributed by atoms with E-state index < -0.39 is 97.5 Å². The summed E-state index contributed by atoms with van der Waals surface area (Å²) in [7, 11) is -9.95. The second-order valence-electron chi connectivity index (χ2n) is 25.9. The van der Waals surface area contributed by atoms with Gasteiger partial charge in [-0.05, 0) is 96.3 Å². The van der Waals surface area contributed by atoms with Gasteiger partial charge in [-0.1, -0.05) is 299 Å². The van der Waals surface area contributed by atoms with Gasteiger partial charge in [-0.3, -0.25) is 37.3 Å². The Morgan fingerprint density at radius 2 is 0.531 bits per heavy atom. The highest BCUT2D eigenvalue weighted by Crippen LogP contribution is 2.45. The number of carbonyl (C=O) groups excluding carboxylic acids is 4. The number of rotatable bonds is 73. The van der Waals surface area contributed by atoms with E-state index in [-0.39, 0.29) is 25.7 Å². The molecule has 0 heterocycles. The number of hydrogen-bond donors (Lipinski definition) is 3. The Morgan fingerprint density at radius 3 is 0.816 bits per heavy atom. The molecule has 5 atom stereocenters. The van der Waals surface area contributed by atoms with Crippen molar-refractivity contribution in [3.63, 3.8) is 0 Å². The second kappa shape index (κ2) is 71.6. The topological polar surface area (TPSA) is 237 Å². The van der Waals surface area contributed by atoms with E-state index >= 15 is 0 Å². The third-order valence-corrected chi connectivity index (χ3v) is 18.3. The first-order valence-electron chi connectivity index (χ1n) is 38.8. The van der Waals surface area contributed by atoms with E-state index in [0.717, 1.165) is 154 Å². The first-order chi connectivity index (χ1) is 47.7. The molecule has 3 N–H and O–H groups in total. The Bertz CT molecular complexity index is 2190. The Balaban J connectivity index is 5.33. The fraction of sp³-hybridized carbons (Fsp3) is 0.772. The number of unbranched alkanes of at least 4 members (excludes halogenated alkanes) is 33. The van der Waals surface area contributed by atoms with Crippen LogP contribution in [0, 0.1) is 0 Å². The van der Waals surface area contributed by atoms with Gasteiger partial charge in [-0.15, -0.1) is 0 Å². The Kier molecular flexibility index (Phi) is 68.9. The van der Waals surface area contributed by atoms with Crippen LogP contribution in [-0.4, -0.2) is 96.7 Å². The summed E-state index contributed by atoms with van der Waals surface area (Å²) in [6, 6.07) is 0. The third-order valence-electron chi connectivity index (χ3n) is 16.4. The van der Waals surface area contributed by atoms with Crippen molar-refractivity contribution in [2.45, 2.75) is 354 Å². The lowest BCUT2D eigenvalue weighted by molar-refractivity contribution is -0.161. The quantitative estimate of drug-likeness (QED) is 0.0169. The van der Waals surface area contributed by atoms with E-state index in [1.165, 1.54) is 103 Å². The van der Waals surface area contributed by atoms with Gasteiger partial charge in [-0.2, -0.15) is 0 Å². The van der Waals surface area contributed by atoms with Gasteiger partial charge in [0.25, 0.3) is 0 Å². The number of esters is 4. The minimum absolute atomic E-state index is 0.0927. The standard InChI is InChI=1S/C79H140O17P2/c1-5-9-13-17-21-25-29-32-35-36-39-41-45-48-52-56-60-64-77(82)89-69-74(95-78(83)65-61-57-53-49-43-28-24-20-16-12-8-4)71-93-97(85,86)91-67-73(80)68-92-98(87,88)94-72-75(96-79(84)66-62-58-54-50-46-42-38-34-31-27-23-19-15-11-7-3)70-90-76(81)63-59-55-51-47-44-40-37-33-30-26-22-18-14-10-6-2/h9-10,13-14,21-22,25-26,32-33,35,37,39,41,73-75,80H,5-8,11-12,15-20,23-24,27-31,34,36,38,40,42-72H2,1-4H3,(H,85,86)(H,87,88)/b13-9-,14-10-,25-21-,26-22-,35-32-,37-33-,41-39-. The fourth-order valence-electron chi connectivity index (χ4n) is 10.5. The molecule has 0 fully saturated rings. The number of hydrogen-bond acceptors (Lipinski definition) is 15. The van der Waals surface area contributed by atoms with Crippen LogP contribution < -0.4 is 0 Å². The zero-order chi connectivity index (χ0) is 71.8. The van der Waals surface area contributed by atoms with Crippen LogP contribution in [0.3, 0.4) is 0 Å². The number of aliphatic hydroxyl groups is 1. The monoisotopic (exact) mass is 1420 g/mol. The summed E-state index contributed by atoms with van der Waals surface area (Å²) in [6.45, 7) is 4.64. The minimum atomic E-state index is -4.97. The Morgan fingerprint density at radius 1 is 0.296 bits per heavy atom. The summed E-state index contributed by atoms with van der Waals surface area (Å²) in [5, 5.41) is 10.6. The zero-order valence-electron chi connectivity index (χ0n) is 62.0. The van der Waals surface area contributed by atoms with Gasteiger partial charge < -0.3 is 33.8 Å². The van der Waals surface area contributed by atoms with Gasteiger partial charge in [0.2, 0.25) is 0 Å². The molecule has 0 aliphatic rings. The molecule has 98 heavy (non-hydrogen) atoms. The van der Waals surface area contributed by atoms with Crippen LogP contribution in [0.4, 0.5) is 0 Å². The SMILES string of the molecule is CC/C=C\C/C=C\C/C=C\C/C=C\CCCCCCC(=O)OCC(COP(=O)(O)OCC(O)COP(=O)(O)OCC(COC(=O)CCCCCCC/C=C\C/C=C\C/C=C\CC)OC(=O)CCCCCCCCCCCCCCCCC)OC(=O)CCCCCCCCCCCCC. The minimum Gasteiger partial charge on any atom is -0.462 e. The molecule has 0 aromatic carbocycles. The molecule has 5 unspecified atom stereocenters. The average molecular weight is 1420 g/mol. The van der Waals surface area contributed by atoms with Crippen molar-refractivity contribution in [2.75, 3.05) is 39.6 Å².